The Balaban J connectivity index is 1.46. The van der Waals surface area contributed by atoms with Crippen molar-refractivity contribution >= 4 is 38.3 Å². The lowest BCUT2D eigenvalue weighted by Crippen LogP contribution is -2.22. The number of carbonyl (C=O) groups excluding carboxylic acids is 1. The Kier molecular flexibility index (Phi) is 5.41. The number of aromatic nitrogens is 1. The van der Waals surface area contributed by atoms with Crippen molar-refractivity contribution in [3.8, 4) is 0 Å². The highest BCUT2D eigenvalue weighted by Gasteiger charge is 2.29. The van der Waals surface area contributed by atoms with Gasteiger partial charge in [-0.05, 0) is 48.0 Å². The van der Waals surface area contributed by atoms with E-state index in [9.17, 15) is 18.0 Å². The van der Waals surface area contributed by atoms with Crippen LogP contribution in [0.4, 0.5) is 24.0 Å². The molecular formula is C22H16F3N3OS. The van der Waals surface area contributed by atoms with Crippen molar-refractivity contribution < 1.29 is 18.0 Å². The SMILES string of the molecule is O=C(NCc1ccccc1)c1ccc2nc(Nc3ccc(C(F)(F)F)cc3)sc2c1. The quantitative estimate of drug-likeness (QED) is 0.411. The van der Waals surface area contributed by atoms with E-state index in [1.807, 2.05) is 30.3 Å². The van der Waals surface area contributed by atoms with Crippen LogP contribution in [-0.4, -0.2) is 10.9 Å². The smallest absolute Gasteiger partial charge is 0.348 e. The van der Waals surface area contributed by atoms with Gasteiger partial charge in [0.1, 0.15) is 0 Å². The maximum Gasteiger partial charge on any atom is 0.416 e. The van der Waals surface area contributed by atoms with Gasteiger partial charge in [-0.15, -0.1) is 0 Å². The van der Waals surface area contributed by atoms with E-state index in [-0.39, 0.29) is 5.91 Å². The Bertz CT molecular complexity index is 1170. The summed E-state index contributed by atoms with van der Waals surface area (Å²) in [6.07, 6.45) is -4.37. The minimum atomic E-state index is -4.37. The van der Waals surface area contributed by atoms with Crippen LogP contribution in [0.25, 0.3) is 10.2 Å². The average Bonchev–Trinajstić information content (AvgIpc) is 3.14. The molecule has 0 aliphatic rings. The molecule has 1 aromatic heterocycles. The molecule has 1 amide bonds. The number of carbonyl (C=O) groups is 1. The Labute approximate surface area is 174 Å². The Morgan fingerprint density at radius 1 is 0.967 bits per heavy atom. The van der Waals surface area contributed by atoms with Crippen LogP contribution >= 0.6 is 11.3 Å². The highest BCUT2D eigenvalue weighted by atomic mass is 32.1. The molecule has 3 aromatic carbocycles. The highest BCUT2D eigenvalue weighted by Crippen LogP contribution is 2.32. The fourth-order valence-electron chi connectivity index (χ4n) is 2.87. The first-order chi connectivity index (χ1) is 14.4. The van der Waals surface area contributed by atoms with Gasteiger partial charge in [-0.25, -0.2) is 4.98 Å². The average molecular weight is 427 g/mol. The molecule has 4 rings (SSSR count). The summed E-state index contributed by atoms with van der Waals surface area (Å²) >= 11 is 1.32. The Morgan fingerprint density at radius 2 is 1.70 bits per heavy atom. The Hall–Kier alpha value is -3.39. The number of hydrogen-bond acceptors (Lipinski definition) is 4. The number of thiazole rings is 1. The van der Waals surface area contributed by atoms with Crippen LogP contribution < -0.4 is 10.6 Å². The number of nitrogens with one attached hydrogen (secondary N) is 2. The minimum Gasteiger partial charge on any atom is -0.348 e. The van der Waals surface area contributed by atoms with E-state index in [2.05, 4.69) is 15.6 Å². The van der Waals surface area contributed by atoms with Gasteiger partial charge >= 0.3 is 6.18 Å². The third kappa shape index (κ3) is 4.60. The molecule has 1 heterocycles. The molecule has 30 heavy (non-hydrogen) atoms. The van der Waals surface area contributed by atoms with Crippen LogP contribution in [0.2, 0.25) is 0 Å². The number of amides is 1. The van der Waals surface area contributed by atoms with Crippen LogP contribution in [0.3, 0.4) is 0 Å². The first-order valence-electron chi connectivity index (χ1n) is 9.05. The summed E-state index contributed by atoms with van der Waals surface area (Å²) in [5.41, 5.74) is 2.02. The minimum absolute atomic E-state index is 0.189. The summed E-state index contributed by atoms with van der Waals surface area (Å²) in [5.74, 6) is -0.189. The van der Waals surface area contributed by atoms with Gasteiger partial charge in [-0.3, -0.25) is 4.79 Å². The highest BCUT2D eigenvalue weighted by molar-refractivity contribution is 7.22. The van der Waals surface area contributed by atoms with Crippen molar-refractivity contribution in [2.24, 2.45) is 0 Å². The summed E-state index contributed by atoms with van der Waals surface area (Å²) in [6, 6.07) is 19.6. The summed E-state index contributed by atoms with van der Waals surface area (Å²) in [5, 5.41) is 6.42. The molecule has 0 atom stereocenters. The van der Waals surface area contributed by atoms with Crippen LogP contribution in [0.1, 0.15) is 21.5 Å². The van der Waals surface area contributed by atoms with Gasteiger partial charge < -0.3 is 10.6 Å². The third-order valence-electron chi connectivity index (χ3n) is 4.41. The molecule has 152 valence electrons. The number of benzene rings is 3. The molecule has 4 nitrogen and oxygen atoms in total. The fraction of sp³-hybridized carbons (Fsp3) is 0.0909. The van der Waals surface area contributed by atoms with E-state index >= 15 is 0 Å². The van der Waals surface area contributed by atoms with Gasteiger partial charge in [-0.1, -0.05) is 41.7 Å². The largest absolute Gasteiger partial charge is 0.416 e. The molecule has 0 radical (unpaired) electrons. The van der Waals surface area contributed by atoms with Crippen LogP contribution in [-0.2, 0) is 12.7 Å². The van der Waals surface area contributed by atoms with Crippen LogP contribution in [0.15, 0.2) is 72.8 Å². The number of nitrogens with zero attached hydrogens (tertiary/aromatic N) is 1. The van der Waals surface area contributed by atoms with Crippen LogP contribution in [0, 0.1) is 0 Å². The lowest BCUT2D eigenvalue weighted by atomic mass is 10.2. The van der Waals surface area contributed by atoms with Gasteiger partial charge in [0.15, 0.2) is 5.13 Å². The standard InChI is InChI=1S/C22H16F3N3OS/c23-22(24,25)16-7-9-17(10-8-16)27-21-28-18-11-6-15(12-19(18)30-21)20(29)26-13-14-4-2-1-3-5-14/h1-12H,13H2,(H,26,29)(H,27,28). The van der Waals surface area contributed by atoms with Crippen molar-refractivity contribution in [2.75, 3.05) is 5.32 Å². The monoisotopic (exact) mass is 427 g/mol. The van der Waals surface area contributed by atoms with E-state index in [0.717, 1.165) is 22.4 Å². The van der Waals surface area contributed by atoms with Crippen molar-refractivity contribution in [3.05, 3.63) is 89.5 Å². The molecular weight excluding hydrogens is 411 g/mol. The molecule has 8 heteroatoms. The molecule has 0 saturated heterocycles. The predicted octanol–water partition coefficient (Wildman–Crippen LogP) is 5.99. The normalized spacial score (nSPS) is 11.4. The second-order valence-corrected chi connectivity index (χ2v) is 7.60. The van der Waals surface area contributed by atoms with E-state index in [0.29, 0.717) is 28.4 Å². The first-order valence-corrected chi connectivity index (χ1v) is 9.87. The van der Waals surface area contributed by atoms with E-state index < -0.39 is 11.7 Å². The molecule has 4 aromatic rings. The van der Waals surface area contributed by atoms with Crippen molar-refractivity contribution in [1.82, 2.24) is 10.3 Å². The molecule has 0 unspecified atom stereocenters. The predicted molar refractivity (Wildman–Crippen MR) is 112 cm³/mol. The second-order valence-electron chi connectivity index (χ2n) is 6.57. The second kappa shape index (κ2) is 8.16. The lowest BCUT2D eigenvalue weighted by molar-refractivity contribution is -0.137. The molecule has 0 aliphatic heterocycles. The van der Waals surface area contributed by atoms with Gasteiger partial charge in [0.25, 0.3) is 5.91 Å². The zero-order chi connectivity index (χ0) is 21.1. The number of hydrogen-bond donors (Lipinski definition) is 2. The number of alkyl halides is 3. The maximum atomic E-state index is 12.7. The summed E-state index contributed by atoms with van der Waals surface area (Å²) in [7, 11) is 0. The molecule has 0 bridgehead atoms. The summed E-state index contributed by atoms with van der Waals surface area (Å²) < 4.78 is 38.8. The van der Waals surface area contributed by atoms with Gasteiger partial charge in [0, 0.05) is 17.8 Å². The number of fused-ring (bicyclic) bond motifs is 1. The van der Waals surface area contributed by atoms with E-state index in [1.54, 1.807) is 18.2 Å². The van der Waals surface area contributed by atoms with Gasteiger partial charge in [0.2, 0.25) is 0 Å². The summed E-state index contributed by atoms with van der Waals surface area (Å²) in [6.45, 7) is 0.432. The third-order valence-corrected chi connectivity index (χ3v) is 5.34. The zero-order valence-corrected chi connectivity index (χ0v) is 16.3. The molecule has 0 spiro atoms. The summed E-state index contributed by atoms with van der Waals surface area (Å²) in [4.78, 5) is 16.9. The topological polar surface area (TPSA) is 54.0 Å². The lowest BCUT2D eigenvalue weighted by Gasteiger charge is -2.07. The van der Waals surface area contributed by atoms with E-state index in [1.165, 1.54) is 23.5 Å². The fourth-order valence-corrected chi connectivity index (χ4v) is 3.79. The molecule has 0 saturated carbocycles. The van der Waals surface area contributed by atoms with E-state index in [4.69, 9.17) is 0 Å². The van der Waals surface area contributed by atoms with Crippen molar-refractivity contribution in [3.63, 3.8) is 0 Å². The Morgan fingerprint density at radius 3 is 2.40 bits per heavy atom. The molecule has 0 aliphatic carbocycles. The number of rotatable bonds is 5. The van der Waals surface area contributed by atoms with Crippen molar-refractivity contribution in [1.29, 1.82) is 0 Å². The molecule has 0 fully saturated rings. The van der Waals surface area contributed by atoms with Gasteiger partial charge in [0.05, 0.1) is 15.8 Å². The number of halogens is 3. The molecule has 2 N–H and O–H groups in total. The van der Waals surface area contributed by atoms with Gasteiger partial charge in [-0.2, -0.15) is 13.2 Å². The first kappa shape index (κ1) is 19.9. The zero-order valence-electron chi connectivity index (χ0n) is 15.5. The maximum absolute atomic E-state index is 12.7. The van der Waals surface area contributed by atoms with Crippen LogP contribution in [0.5, 0.6) is 0 Å². The van der Waals surface area contributed by atoms with Crippen molar-refractivity contribution in [2.45, 2.75) is 12.7 Å². The number of anilines is 2.